The first-order valence-electron chi connectivity index (χ1n) is 11.1. The number of carbonyl (C=O) groups excluding carboxylic acids is 1. The summed E-state index contributed by atoms with van der Waals surface area (Å²) in [5.41, 5.74) is 2.05. The number of methoxy groups -OCH3 is 3. The molecule has 2 aromatic rings. The summed E-state index contributed by atoms with van der Waals surface area (Å²) in [5, 5.41) is 0.704. The topological polar surface area (TPSA) is 63.8 Å². The lowest BCUT2D eigenvalue weighted by Gasteiger charge is -2.46. The fourth-order valence-corrected chi connectivity index (χ4v) is 5.52. The average molecular weight is 467 g/mol. The van der Waals surface area contributed by atoms with Crippen molar-refractivity contribution in [3.63, 3.8) is 0 Å². The number of aromatic amines is 1. The molecule has 0 amide bonds. The van der Waals surface area contributed by atoms with Crippen LogP contribution in [0, 0.1) is 11.8 Å². The number of fused-ring (bicyclic) bond motifs is 5. The Morgan fingerprint density at radius 3 is 2.64 bits per heavy atom. The molecule has 3 atom stereocenters. The molecule has 180 valence electrons. The molecule has 0 radical (unpaired) electrons. The van der Waals surface area contributed by atoms with Gasteiger partial charge in [-0.05, 0) is 42.4 Å². The van der Waals surface area contributed by atoms with Crippen LogP contribution in [-0.2, 0) is 26.9 Å². The van der Waals surface area contributed by atoms with E-state index in [9.17, 15) is 18.0 Å². The van der Waals surface area contributed by atoms with Crippen molar-refractivity contribution in [3.8, 4) is 5.75 Å². The number of nitrogens with one attached hydrogen (secondary N) is 1. The fourth-order valence-electron chi connectivity index (χ4n) is 5.52. The number of rotatable bonds is 5. The van der Waals surface area contributed by atoms with Crippen molar-refractivity contribution in [1.29, 1.82) is 0 Å². The summed E-state index contributed by atoms with van der Waals surface area (Å²) < 4.78 is 55.9. The number of hydrogen-bond acceptors (Lipinski definition) is 5. The van der Waals surface area contributed by atoms with Crippen LogP contribution in [0.3, 0.4) is 0 Å². The monoisotopic (exact) mass is 466 g/mol. The Bertz CT molecular complexity index is 1080. The van der Waals surface area contributed by atoms with Gasteiger partial charge in [-0.2, -0.15) is 13.2 Å². The first-order chi connectivity index (χ1) is 15.7. The van der Waals surface area contributed by atoms with Crippen molar-refractivity contribution >= 4 is 16.9 Å². The van der Waals surface area contributed by atoms with Crippen LogP contribution < -0.4 is 4.74 Å². The highest BCUT2D eigenvalue weighted by molar-refractivity contribution is 5.92. The molecule has 1 saturated heterocycles. The van der Waals surface area contributed by atoms with E-state index in [1.165, 1.54) is 27.6 Å². The zero-order valence-electron chi connectivity index (χ0n) is 19.2. The first-order valence-corrected chi connectivity index (χ1v) is 11.1. The molecule has 1 aromatic carbocycles. The lowest BCUT2D eigenvalue weighted by atomic mass is 9.74. The number of benzene rings is 1. The summed E-state index contributed by atoms with van der Waals surface area (Å²) in [6, 6.07) is 2.16. The minimum atomic E-state index is -4.47. The number of halogens is 3. The molecule has 9 heteroatoms. The number of nitrogens with zero attached hydrogens (tertiary/aromatic N) is 1. The van der Waals surface area contributed by atoms with Gasteiger partial charge in [0, 0.05) is 24.2 Å². The average Bonchev–Trinajstić information content (AvgIpc) is 3.19. The van der Waals surface area contributed by atoms with E-state index in [4.69, 9.17) is 14.2 Å². The van der Waals surface area contributed by atoms with Crippen molar-refractivity contribution in [2.45, 2.75) is 38.4 Å². The Balaban J connectivity index is 1.80. The molecule has 2 aliphatic heterocycles. The predicted molar refractivity (Wildman–Crippen MR) is 117 cm³/mol. The molecule has 1 aromatic heterocycles. The molecule has 0 saturated carbocycles. The largest absolute Gasteiger partial charge is 0.504 e. The summed E-state index contributed by atoms with van der Waals surface area (Å²) in [7, 11) is 4.24. The van der Waals surface area contributed by atoms with Crippen molar-refractivity contribution in [3.05, 3.63) is 40.8 Å². The molecule has 3 unspecified atom stereocenters. The van der Waals surface area contributed by atoms with Gasteiger partial charge in [0.05, 0.1) is 50.3 Å². The molecule has 4 rings (SSSR count). The summed E-state index contributed by atoms with van der Waals surface area (Å²) in [5.74, 6) is -0.0512. The first kappa shape index (κ1) is 23.5. The number of hydrogen-bond donors (Lipinski definition) is 1. The van der Waals surface area contributed by atoms with Gasteiger partial charge in [0.1, 0.15) is 5.75 Å². The molecule has 0 aliphatic carbocycles. The summed E-state index contributed by atoms with van der Waals surface area (Å²) in [4.78, 5) is 18.2. The molecule has 0 bridgehead atoms. The highest BCUT2D eigenvalue weighted by atomic mass is 19.4. The SMILES string of the molecule is CCC1CN2CCc3c([nH]c4cc(C(F)(F)F)cc(OC)c34)C2CC1/C(=C\OC)C(=O)OC. The predicted octanol–water partition coefficient (Wildman–Crippen LogP) is 4.84. The van der Waals surface area contributed by atoms with E-state index in [1.54, 1.807) is 0 Å². The maximum absolute atomic E-state index is 13.4. The molecule has 2 aliphatic rings. The van der Waals surface area contributed by atoms with Gasteiger partial charge in [0.25, 0.3) is 0 Å². The van der Waals surface area contributed by atoms with Gasteiger partial charge >= 0.3 is 12.1 Å². The minimum absolute atomic E-state index is 0.0575. The third-order valence-electron chi connectivity index (χ3n) is 7.07. The van der Waals surface area contributed by atoms with Crippen LogP contribution in [0.4, 0.5) is 13.2 Å². The van der Waals surface area contributed by atoms with E-state index in [0.29, 0.717) is 29.3 Å². The van der Waals surface area contributed by atoms with Crippen LogP contribution in [-0.4, -0.2) is 50.3 Å². The molecule has 1 fully saturated rings. The van der Waals surface area contributed by atoms with Gasteiger partial charge in [0.2, 0.25) is 0 Å². The van der Waals surface area contributed by atoms with Gasteiger partial charge in [-0.3, -0.25) is 4.90 Å². The normalized spacial score (nSPS) is 23.7. The van der Waals surface area contributed by atoms with Crippen LogP contribution in [0.25, 0.3) is 10.9 Å². The Hall–Kier alpha value is -2.68. The number of alkyl halides is 3. The Labute approximate surface area is 190 Å². The molecular weight excluding hydrogens is 437 g/mol. The zero-order valence-corrected chi connectivity index (χ0v) is 19.2. The Morgan fingerprint density at radius 1 is 1.27 bits per heavy atom. The number of ether oxygens (including phenoxy) is 3. The van der Waals surface area contributed by atoms with Crippen molar-refractivity contribution in [2.24, 2.45) is 11.8 Å². The van der Waals surface area contributed by atoms with E-state index < -0.39 is 17.7 Å². The molecular formula is C24H29F3N2O4. The summed E-state index contributed by atoms with van der Waals surface area (Å²) >= 11 is 0. The van der Waals surface area contributed by atoms with E-state index in [2.05, 4.69) is 16.8 Å². The molecule has 33 heavy (non-hydrogen) atoms. The van der Waals surface area contributed by atoms with Crippen LogP contribution >= 0.6 is 0 Å². The molecule has 6 nitrogen and oxygen atoms in total. The number of H-pyrrole nitrogens is 1. The van der Waals surface area contributed by atoms with E-state index in [1.807, 2.05) is 0 Å². The highest BCUT2D eigenvalue weighted by Crippen LogP contribution is 2.48. The number of piperidine rings is 1. The van der Waals surface area contributed by atoms with Crippen LogP contribution in [0.2, 0.25) is 0 Å². The maximum Gasteiger partial charge on any atom is 0.416 e. The van der Waals surface area contributed by atoms with Crippen molar-refractivity contribution in [1.82, 2.24) is 9.88 Å². The lowest BCUT2D eigenvalue weighted by molar-refractivity contribution is -0.138. The summed E-state index contributed by atoms with van der Waals surface area (Å²) in [6.45, 7) is 3.67. The van der Waals surface area contributed by atoms with Crippen LogP contribution in [0.5, 0.6) is 5.75 Å². The van der Waals surface area contributed by atoms with Gasteiger partial charge in [0.15, 0.2) is 0 Å². The second kappa shape index (κ2) is 8.93. The number of esters is 1. The third-order valence-corrected chi connectivity index (χ3v) is 7.07. The second-order valence-corrected chi connectivity index (χ2v) is 8.69. The van der Waals surface area contributed by atoms with Crippen LogP contribution in [0.1, 0.15) is 42.6 Å². The van der Waals surface area contributed by atoms with Gasteiger partial charge in [-0.1, -0.05) is 13.3 Å². The quantitative estimate of drug-likeness (QED) is 0.388. The number of aromatic nitrogens is 1. The van der Waals surface area contributed by atoms with E-state index in [-0.39, 0.29) is 23.6 Å². The zero-order chi connectivity index (χ0) is 23.9. The maximum atomic E-state index is 13.4. The molecule has 0 spiro atoms. The number of carbonyl (C=O) groups is 1. The van der Waals surface area contributed by atoms with E-state index >= 15 is 0 Å². The van der Waals surface area contributed by atoms with E-state index in [0.717, 1.165) is 42.9 Å². The second-order valence-electron chi connectivity index (χ2n) is 8.69. The van der Waals surface area contributed by atoms with Crippen molar-refractivity contribution < 1.29 is 32.2 Å². The lowest BCUT2D eigenvalue weighted by Crippen LogP contribution is -2.47. The van der Waals surface area contributed by atoms with Crippen molar-refractivity contribution in [2.75, 3.05) is 34.4 Å². The highest BCUT2D eigenvalue weighted by Gasteiger charge is 2.43. The van der Waals surface area contributed by atoms with Gasteiger partial charge in [-0.25, -0.2) is 4.79 Å². The molecule has 1 N–H and O–H groups in total. The standard InChI is InChI=1S/C24H29F3N2O4/c1-5-13-11-29-7-6-15-21-18(8-14(24(25,26)27)9-20(21)32-3)28-22(15)19(29)10-16(13)17(12-31-2)23(30)33-4/h8-9,12-13,16,19,28H,5-7,10-11H2,1-4H3/b17-12+. The smallest absolute Gasteiger partial charge is 0.416 e. The Morgan fingerprint density at radius 2 is 2.03 bits per heavy atom. The van der Waals surface area contributed by atoms with Gasteiger partial charge in [-0.15, -0.1) is 0 Å². The minimum Gasteiger partial charge on any atom is -0.504 e. The summed E-state index contributed by atoms with van der Waals surface area (Å²) in [6.07, 6.45) is -0.774. The molecule has 3 heterocycles. The van der Waals surface area contributed by atoms with Gasteiger partial charge < -0.3 is 19.2 Å². The fraction of sp³-hybridized carbons (Fsp3) is 0.542. The van der Waals surface area contributed by atoms with Crippen LogP contribution in [0.15, 0.2) is 24.0 Å². The third kappa shape index (κ3) is 4.07. The Kier molecular flexibility index (Phi) is 6.35.